The van der Waals surface area contributed by atoms with E-state index in [2.05, 4.69) is 10.1 Å². The SMILES string of the molecule is CCOC(=O)C(Cc1ccc2ccc(C(=N)NC(=O)OCOC(C)=O)cc2c1)c1ccc(OC2CCN(C(=O)OCc3ccc(OC)cc3)CC2)cc1. The highest BCUT2D eigenvalue weighted by Gasteiger charge is 2.26. The van der Waals surface area contributed by atoms with Gasteiger partial charge in [0.2, 0.25) is 6.79 Å². The first-order valence-electron chi connectivity index (χ1n) is 17.3. The molecular formula is C40H43N3O10. The highest BCUT2D eigenvalue weighted by atomic mass is 16.7. The van der Waals surface area contributed by atoms with Crippen molar-refractivity contribution in [3.8, 4) is 11.5 Å². The Kier molecular flexibility index (Phi) is 13.2. The van der Waals surface area contributed by atoms with E-state index in [0.29, 0.717) is 43.7 Å². The Morgan fingerprint density at radius 2 is 1.49 bits per heavy atom. The number of amides is 2. The van der Waals surface area contributed by atoms with Gasteiger partial charge in [0, 0.05) is 38.4 Å². The van der Waals surface area contributed by atoms with Crippen LogP contribution in [0.25, 0.3) is 10.8 Å². The number of carbonyl (C=O) groups excluding carboxylic acids is 4. The van der Waals surface area contributed by atoms with Gasteiger partial charge in [0.1, 0.15) is 30.0 Å². The van der Waals surface area contributed by atoms with E-state index >= 15 is 0 Å². The van der Waals surface area contributed by atoms with Crippen molar-refractivity contribution in [2.24, 2.45) is 0 Å². The molecule has 1 heterocycles. The predicted octanol–water partition coefficient (Wildman–Crippen LogP) is 6.49. The number of hydrogen-bond acceptors (Lipinski definition) is 11. The van der Waals surface area contributed by atoms with Crippen LogP contribution in [0.4, 0.5) is 9.59 Å². The summed E-state index contributed by atoms with van der Waals surface area (Å²) in [6, 6.07) is 25.9. The lowest BCUT2D eigenvalue weighted by Gasteiger charge is -2.31. The average Bonchev–Trinajstić information content (AvgIpc) is 3.16. The zero-order chi connectivity index (χ0) is 37.7. The van der Waals surface area contributed by atoms with Crippen molar-refractivity contribution in [1.82, 2.24) is 10.2 Å². The van der Waals surface area contributed by atoms with Gasteiger partial charge in [0.15, 0.2) is 0 Å². The third-order valence-electron chi connectivity index (χ3n) is 8.69. The van der Waals surface area contributed by atoms with Gasteiger partial charge in [-0.1, -0.05) is 54.6 Å². The van der Waals surface area contributed by atoms with Crippen LogP contribution < -0.4 is 14.8 Å². The number of carbonyl (C=O) groups is 4. The first kappa shape index (κ1) is 38.1. The second-order valence-electron chi connectivity index (χ2n) is 12.4. The van der Waals surface area contributed by atoms with Gasteiger partial charge in [-0.15, -0.1) is 0 Å². The summed E-state index contributed by atoms with van der Waals surface area (Å²) < 4.78 is 31.7. The lowest BCUT2D eigenvalue weighted by atomic mass is 9.91. The summed E-state index contributed by atoms with van der Waals surface area (Å²) in [5, 5.41) is 12.3. The molecule has 0 aliphatic carbocycles. The first-order chi connectivity index (χ1) is 25.6. The lowest BCUT2D eigenvalue weighted by molar-refractivity contribution is -0.149. The van der Waals surface area contributed by atoms with Crippen LogP contribution in [-0.4, -0.2) is 74.6 Å². The standard InChI is InChI=1S/C40H43N3O10/c1-4-49-38(45)36(22-28-5-8-29-9-10-31(23-32(29)21-28)37(41)42-39(46)52-25-51-26(2)44)30-11-15-34(16-12-30)53-35-17-19-43(20-18-35)40(47)50-24-27-6-13-33(48-3)14-7-27/h5-16,21,23,35-36H,4,17-20,22,24-25H2,1-3H3,(H2,41,42,46). The van der Waals surface area contributed by atoms with Crippen molar-refractivity contribution >= 4 is 40.7 Å². The largest absolute Gasteiger partial charge is 0.497 e. The fraction of sp³-hybridized carbons (Fsp3) is 0.325. The van der Waals surface area contributed by atoms with E-state index in [-0.39, 0.29) is 37.2 Å². The van der Waals surface area contributed by atoms with Crippen LogP contribution >= 0.6 is 0 Å². The van der Waals surface area contributed by atoms with Gasteiger partial charge in [-0.2, -0.15) is 0 Å². The molecule has 1 aliphatic heterocycles. The molecular weight excluding hydrogens is 682 g/mol. The van der Waals surface area contributed by atoms with E-state index in [9.17, 15) is 19.2 Å². The van der Waals surface area contributed by atoms with Crippen LogP contribution in [-0.2, 0) is 41.6 Å². The highest BCUT2D eigenvalue weighted by Crippen LogP contribution is 2.28. The first-order valence-corrected chi connectivity index (χ1v) is 17.3. The number of fused-ring (bicyclic) bond motifs is 1. The fourth-order valence-electron chi connectivity index (χ4n) is 5.86. The number of amidine groups is 1. The number of piperidine rings is 1. The normalized spacial score (nSPS) is 13.4. The molecule has 0 radical (unpaired) electrons. The Balaban J connectivity index is 1.17. The lowest BCUT2D eigenvalue weighted by Crippen LogP contribution is -2.42. The molecule has 13 heteroatoms. The van der Waals surface area contributed by atoms with Gasteiger partial charge in [0.25, 0.3) is 0 Å². The van der Waals surface area contributed by atoms with E-state index in [1.807, 2.05) is 72.8 Å². The monoisotopic (exact) mass is 725 g/mol. The number of benzene rings is 4. The minimum absolute atomic E-state index is 0.0714. The third kappa shape index (κ3) is 10.9. The highest BCUT2D eigenvalue weighted by molar-refractivity contribution is 6.06. The van der Waals surface area contributed by atoms with Gasteiger partial charge in [-0.25, -0.2) is 9.59 Å². The molecule has 5 rings (SSSR count). The van der Waals surface area contributed by atoms with Crippen LogP contribution in [0.15, 0.2) is 84.9 Å². The zero-order valence-electron chi connectivity index (χ0n) is 29.9. The maximum absolute atomic E-state index is 13.2. The fourth-order valence-corrected chi connectivity index (χ4v) is 5.86. The zero-order valence-corrected chi connectivity index (χ0v) is 29.9. The summed E-state index contributed by atoms with van der Waals surface area (Å²) in [5.74, 6) is -0.303. The molecule has 278 valence electrons. The molecule has 0 aromatic heterocycles. The van der Waals surface area contributed by atoms with Crippen molar-refractivity contribution in [2.75, 3.05) is 33.6 Å². The summed E-state index contributed by atoms with van der Waals surface area (Å²) in [5.41, 5.74) is 2.97. The predicted molar refractivity (Wildman–Crippen MR) is 195 cm³/mol. The van der Waals surface area contributed by atoms with E-state index in [4.69, 9.17) is 29.1 Å². The molecule has 0 saturated carbocycles. The molecule has 53 heavy (non-hydrogen) atoms. The van der Waals surface area contributed by atoms with E-state index in [1.54, 1.807) is 31.1 Å². The number of alkyl carbamates (subject to hydrolysis) is 1. The van der Waals surface area contributed by atoms with Crippen molar-refractivity contribution in [2.45, 2.75) is 51.7 Å². The Morgan fingerprint density at radius 1 is 0.811 bits per heavy atom. The number of nitrogens with zero attached hydrogens (tertiary/aromatic N) is 1. The second kappa shape index (κ2) is 18.4. The van der Waals surface area contributed by atoms with Crippen LogP contribution in [0.5, 0.6) is 11.5 Å². The molecule has 1 aliphatic rings. The molecule has 2 N–H and O–H groups in total. The molecule has 1 saturated heterocycles. The summed E-state index contributed by atoms with van der Waals surface area (Å²) in [6.07, 6.45) is 0.327. The quantitative estimate of drug-likeness (QED) is 0.0512. The van der Waals surface area contributed by atoms with Gasteiger partial charge in [0.05, 0.1) is 19.6 Å². The average molecular weight is 726 g/mol. The summed E-state index contributed by atoms with van der Waals surface area (Å²) in [4.78, 5) is 50.4. The summed E-state index contributed by atoms with van der Waals surface area (Å²) >= 11 is 0. The minimum Gasteiger partial charge on any atom is -0.497 e. The number of ether oxygens (including phenoxy) is 6. The van der Waals surface area contributed by atoms with Crippen molar-refractivity contribution in [3.05, 3.63) is 107 Å². The number of likely N-dealkylation sites (tertiary alicyclic amines) is 1. The van der Waals surface area contributed by atoms with E-state index in [0.717, 1.165) is 33.2 Å². The maximum atomic E-state index is 13.2. The summed E-state index contributed by atoms with van der Waals surface area (Å²) in [6.45, 7) is 3.86. The van der Waals surface area contributed by atoms with E-state index in [1.165, 1.54) is 6.92 Å². The number of esters is 2. The number of methoxy groups -OCH3 is 1. The smallest absolute Gasteiger partial charge is 0.415 e. The molecule has 4 aromatic carbocycles. The number of nitrogens with one attached hydrogen (secondary N) is 2. The molecule has 4 aromatic rings. The van der Waals surface area contributed by atoms with Crippen LogP contribution in [0.1, 0.15) is 54.9 Å². The Labute approximate surface area is 307 Å². The maximum Gasteiger partial charge on any atom is 0.415 e. The van der Waals surface area contributed by atoms with Gasteiger partial charge >= 0.3 is 24.1 Å². The van der Waals surface area contributed by atoms with Crippen LogP contribution in [0.2, 0.25) is 0 Å². The minimum atomic E-state index is -0.928. The number of hydrogen-bond donors (Lipinski definition) is 2. The van der Waals surface area contributed by atoms with Crippen molar-refractivity contribution in [3.63, 3.8) is 0 Å². The second-order valence-corrected chi connectivity index (χ2v) is 12.4. The molecule has 1 unspecified atom stereocenters. The number of rotatable bonds is 13. The summed E-state index contributed by atoms with van der Waals surface area (Å²) in [7, 11) is 1.60. The molecule has 2 amide bonds. The van der Waals surface area contributed by atoms with Gasteiger partial charge < -0.3 is 33.3 Å². The molecule has 0 bridgehead atoms. The molecule has 13 nitrogen and oxygen atoms in total. The van der Waals surface area contributed by atoms with Crippen LogP contribution in [0.3, 0.4) is 0 Å². The van der Waals surface area contributed by atoms with E-state index < -0.39 is 24.8 Å². The molecule has 0 spiro atoms. The Morgan fingerprint density at radius 3 is 2.17 bits per heavy atom. The van der Waals surface area contributed by atoms with Crippen molar-refractivity contribution in [1.29, 1.82) is 5.41 Å². The topological polar surface area (TPSA) is 163 Å². The Bertz CT molecular complexity index is 1900. The van der Waals surface area contributed by atoms with Crippen LogP contribution in [0, 0.1) is 5.41 Å². The Hall–Kier alpha value is -6.11. The third-order valence-corrected chi connectivity index (χ3v) is 8.69. The van der Waals surface area contributed by atoms with Crippen molar-refractivity contribution < 1.29 is 47.6 Å². The van der Waals surface area contributed by atoms with Gasteiger partial charge in [-0.3, -0.25) is 20.3 Å². The molecule has 1 atom stereocenters. The molecule has 1 fully saturated rings. The van der Waals surface area contributed by atoms with Gasteiger partial charge in [-0.05, 0) is 71.1 Å².